The molecule has 0 aromatic heterocycles. The lowest BCUT2D eigenvalue weighted by molar-refractivity contribution is 0.274. The van der Waals surface area contributed by atoms with Gasteiger partial charge in [0.05, 0.1) is 0 Å². The molecule has 0 aromatic carbocycles. The molecule has 0 spiro atoms. The van der Waals surface area contributed by atoms with Crippen molar-refractivity contribution in [3.63, 3.8) is 0 Å². The number of hydrogen-bond acceptors (Lipinski definition) is 2. The van der Waals surface area contributed by atoms with Crippen molar-refractivity contribution >= 4 is 16.9 Å². The second-order valence-electron chi connectivity index (χ2n) is 7.05. The van der Waals surface area contributed by atoms with E-state index in [0.29, 0.717) is 0 Å². The van der Waals surface area contributed by atoms with Gasteiger partial charge in [0, 0.05) is 18.3 Å². The van der Waals surface area contributed by atoms with E-state index >= 15 is 0 Å². The lowest BCUT2D eigenvalue weighted by atomic mass is 9.81. The molecule has 2 atom stereocenters. The highest BCUT2D eigenvalue weighted by Crippen LogP contribution is 2.33. The Morgan fingerprint density at radius 1 is 1.05 bits per heavy atom. The van der Waals surface area contributed by atoms with Crippen molar-refractivity contribution in [2.45, 2.75) is 70.8 Å². The molecule has 2 unspecified atom stereocenters. The van der Waals surface area contributed by atoms with Gasteiger partial charge in [0.2, 0.25) is 0 Å². The van der Waals surface area contributed by atoms with Gasteiger partial charge in [0.25, 0.3) is 0 Å². The zero-order valence-corrected chi connectivity index (χ0v) is 13.8. The summed E-state index contributed by atoms with van der Waals surface area (Å²) >= 11 is 1.98. The highest BCUT2D eigenvalue weighted by atomic mass is 32.2. The van der Waals surface area contributed by atoms with Crippen LogP contribution in [-0.4, -0.2) is 23.5 Å². The Bertz CT molecular complexity index is 334. The first-order valence-corrected chi connectivity index (χ1v) is 9.77. The first kappa shape index (κ1) is 14.7. The summed E-state index contributed by atoms with van der Waals surface area (Å²) in [7, 11) is 0. The van der Waals surface area contributed by atoms with E-state index in [9.17, 15) is 0 Å². The summed E-state index contributed by atoms with van der Waals surface area (Å²) < 4.78 is 0. The zero-order chi connectivity index (χ0) is 13.8. The molecule has 0 amide bonds. The van der Waals surface area contributed by atoms with E-state index in [1.165, 1.54) is 68.7 Å². The Morgan fingerprint density at radius 3 is 2.60 bits per heavy atom. The lowest BCUT2D eigenvalue weighted by Crippen LogP contribution is -2.46. The number of rotatable bonds is 3. The van der Waals surface area contributed by atoms with E-state index in [-0.39, 0.29) is 0 Å². The summed E-state index contributed by atoms with van der Waals surface area (Å²) in [5.41, 5.74) is 0. The molecule has 20 heavy (non-hydrogen) atoms. The SMILES string of the molecule is CCC1CCC(CN=C2NC3CCCCC3CS2)CC1. The predicted molar refractivity (Wildman–Crippen MR) is 89.4 cm³/mol. The maximum Gasteiger partial charge on any atom is 0.156 e. The van der Waals surface area contributed by atoms with Crippen LogP contribution >= 0.6 is 11.8 Å². The van der Waals surface area contributed by atoms with Gasteiger partial charge in [-0.3, -0.25) is 4.99 Å². The minimum atomic E-state index is 0.736. The standard InChI is InChI=1S/C17H30N2S/c1-2-13-7-9-14(10-8-13)11-18-17-19-16-6-4-3-5-15(16)12-20-17/h13-16H,2-12H2,1H3,(H,18,19). The van der Waals surface area contributed by atoms with Gasteiger partial charge < -0.3 is 5.32 Å². The number of thioether (sulfide) groups is 1. The van der Waals surface area contributed by atoms with Gasteiger partial charge >= 0.3 is 0 Å². The average molecular weight is 295 g/mol. The molecule has 3 fully saturated rings. The first-order valence-electron chi connectivity index (χ1n) is 8.79. The summed E-state index contributed by atoms with van der Waals surface area (Å²) in [4.78, 5) is 4.92. The summed E-state index contributed by atoms with van der Waals surface area (Å²) in [5, 5.41) is 4.98. The summed E-state index contributed by atoms with van der Waals surface area (Å²) in [6.45, 7) is 3.41. The third-order valence-electron chi connectivity index (χ3n) is 5.69. The van der Waals surface area contributed by atoms with Crippen molar-refractivity contribution in [2.24, 2.45) is 22.7 Å². The molecule has 1 heterocycles. The van der Waals surface area contributed by atoms with Crippen LogP contribution in [0.2, 0.25) is 0 Å². The molecular weight excluding hydrogens is 264 g/mol. The van der Waals surface area contributed by atoms with Crippen LogP contribution in [0, 0.1) is 17.8 Å². The maximum atomic E-state index is 4.92. The fourth-order valence-electron chi connectivity index (χ4n) is 4.11. The number of amidine groups is 1. The summed E-state index contributed by atoms with van der Waals surface area (Å²) in [6.07, 6.45) is 12.7. The van der Waals surface area contributed by atoms with Gasteiger partial charge in [0.15, 0.2) is 5.17 Å². The van der Waals surface area contributed by atoms with Gasteiger partial charge in [-0.1, -0.05) is 50.8 Å². The molecule has 0 radical (unpaired) electrons. The molecule has 114 valence electrons. The Labute approximate surface area is 128 Å². The predicted octanol–water partition coefficient (Wildman–Crippen LogP) is 4.45. The fraction of sp³-hybridized carbons (Fsp3) is 0.941. The molecule has 3 rings (SSSR count). The Kier molecular flexibility index (Phi) is 5.30. The molecule has 3 aliphatic rings. The monoisotopic (exact) mass is 294 g/mol. The topological polar surface area (TPSA) is 24.4 Å². The van der Waals surface area contributed by atoms with Crippen LogP contribution in [0.25, 0.3) is 0 Å². The van der Waals surface area contributed by atoms with E-state index in [1.54, 1.807) is 0 Å². The van der Waals surface area contributed by atoms with Crippen LogP contribution in [0.3, 0.4) is 0 Å². The molecule has 2 aliphatic carbocycles. The minimum Gasteiger partial charge on any atom is -0.362 e. The Morgan fingerprint density at radius 2 is 1.80 bits per heavy atom. The van der Waals surface area contributed by atoms with Gasteiger partial charge in [-0.05, 0) is 43.4 Å². The van der Waals surface area contributed by atoms with Crippen LogP contribution in [0.5, 0.6) is 0 Å². The van der Waals surface area contributed by atoms with E-state index < -0.39 is 0 Å². The van der Waals surface area contributed by atoms with Crippen molar-refractivity contribution in [3.8, 4) is 0 Å². The maximum absolute atomic E-state index is 4.92. The van der Waals surface area contributed by atoms with Crippen LogP contribution in [0.4, 0.5) is 0 Å². The van der Waals surface area contributed by atoms with E-state index in [1.807, 2.05) is 11.8 Å². The molecule has 1 saturated heterocycles. The third kappa shape index (κ3) is 3.72. The van der Waals surface area contributed by atoms with Gasteiger partial charge in [-0.15, -0.1) is 0 Å². The highest BCUT2D eigenvalue weighted by molar-refractivity contribution is 8.13. The molecule has 1 aliphatic heterocycles. The first-order chi connectivity index (χ1) is 9.85. The molecule has 1 N–H and O–H groups in total. The normalized spacial score (nSPS) is 40.1. The Hall–Kier alpha value is -0.180. The number of hydrogen-bond donors (Lipinski definition) is 1. The van der Waals surface area contributed by atoms with E-state index in [0.717, 1.165) is 30.3 Å². The minimum absolute atomic E-state index is 0.736. The zero-order valence-electron chi connectivity index (χ0n) is 12.9. The number of fused-ring (bicyclic) bond motifs is 1. The van der Waals surface area contributed by atoms with Crippen molar-refractivity contribution in [1.29, 1.82) is 0 Å². The second kappa shape index (κ2) is 7.20. The van der Waals surface area contributed by atoms with E-state index in [2.05, 4.69) is 12.2 Å². The van der Waals surface area contributed by atoms with Gasteiger partial charge in [-0.2, -0.15) is 0 Å². The summed E-state index contributed by atoms with van der Waals surface area (Å²) in [6, 6.07) is 0.736. The molecule has 2 nitrogen and oxygen atoms in total. The van der Waals surface area contributed by atoms with Crippen LogP contribution in [0.15, 0.2) is 4.99 Å². The number of nitrogens with one attached hydrogen (secondary N) is 1. The van der Waals surface area contributed by atoms with Crippen molar-refractivity contribution in [2.75, 3.05) is 12.3 Å². The van der Waals surface area contributed by atoms with Gasteiger partial charge in [-0.25, -0.2) is 0 Å². The quantitative estimate of drug-likeness (QED) is 0.831. The lowest BCUT2D eigenvalue weighted by Gasteiger charge is -2.37. The fourth-order valence-corrected chi connectivity index (χ4v) is 5.28. The summed E-state index contributed by atoms with van der Waals surface area (Å²) in [5.74, 6) is 4.08. The van der Waals surface area contributed by atoms with Crippen LogP contribution < -0.4 is 5.32 Å². The van der Waals surface area contributed by atoms with E-state index in [4.69, 9.17) is 4.99 Å². The van der Waals surface area contributed by atoms with Gasteiger partial charge in [0.1, 0.15) is 0 Å². The molecular formula is C17H30N2S. The Balaban J connectivity index is 1.45. The largest absolute Gasteiger partial charge is 0.362 e. The molecule has 0 bridgehead atoms. The number of nitrogens with zero attached hydrogens (tertiary/aromatic N) is 1. The average Bonchev–Trinajstić information content (AvgIpc) is 2.53. The highest BCUT2D eigenvalue weighted by Gasteiger charge is 2.30. The molecule has 2 saturated carbocycles. The second-order valence-corrected chi connectivity index (χ2v) is 8.06. The van der Waals surface area contributed by atoms with Crippen LogP contribution in [0.1, 0.15) is 64.7 Å². The molecule has 3 heteroatoms. The number of aliphatic imine (C=N–C) groups is 1. The molecule has 0 aromatic rings. The van der Waals surface area contributed by atoms with Crippen molar-refractivity contribution in [1.82, 2.24) is 5.32 Å². The van der Waals surface area contributed by atoms with Crippen LogP contribution in [-0.2, 0) is 0 Å². The third-order valence-corrected chi connectivity index (χ3v) is 6.80. The van der Waals surface area contributed by atoms with Crippen molar-refractivity contribution < 1.29 is 0 Å². The smallest absolute Gasteiger partial charge is 0.156 e. The van der Waals surface area contributed by atoms with Crippen molar-refractivity contribution in [3.05, 3.63) is 0 Å².